The van der Waals surface area contributed by atoms with Gasteiger partial charge in [-0.15, -0.1) is 0 Å². The molecule has 2 aliphatic rings. The molecule has 4 rings (SSSR count). The van der Waals surface area contributed by atoms with Crippen LogP contribution in [0.1, 0.15) is 32.1 Å². The number of piperidine rings is 1. The molecule has 0 saturated carbocycles. The zero-order valence-electron chi connectivity index (χ0n) is 14.8. The molecule has 0 aliphatic carbocycles. The smallest absolute Gasteiger partial charge is 0.243 e. The SMILES string of the molecule is O=C1CCC2(CCN1)CCN(S(=O)(=O)c1ccc3ccccc3c1)CC2. The van der Waals surface area contributed by atoms with Gasteiger partial charge in [0.1, 0.15) is 0 Å². The molecule has 2 heterocycles. The van der Waals surface area contributed by atoms with Crippen LogP contribution in [-0.4, -0.2) is 38.3 Å². The summed E-state index contributed by atoms with van der Waals surface area (Å²) in [6, 6.07) is 13.1. The van der Waals surface area contributed by atoms with E-state index in [1.54, 1.807) is 16.4 Å². The van der Waals surface area contributed by atoms with Gasteiger partial charge in [0.25, 0.3) is 0 Å². The van der Waals surface area contributed by atoms with Gasteiger partial charge in [-0.05, 0) is 54.0 Å². The third-order valence-corrected chi connectivity index (χ3v) is 7.90. The van der Waals surface area contributed by atoms with Crippen LogP contribution in [0.5, 0.6) is 0 Å². The molecule has 2 fully saturated rings. The van der Waals surface area contributed by atoms with Gasteiger partial charge in [0, 0.05) is 26.1 Å². The summed E-state index contributed by atoms with van der Waals surface area (Å²) in [5.41, 5.74) is 0.106. The van der Waals surface area contributed by atoms with Gasteiger partial charge in [-0.25, -0.2) is 8.42 Å². The summed E-state index contributed by atoms with van der Waals surface area (Å²) in [4.78, 5) is 12.0. The molecule has 0 bridgehead atoms. The first-order valence-electron chi connectivity index (χ1n) is 9.24. The van der Waals surface area contributed by atoms with Crippen LogP contribution in [0.15, 0.2) is 47.4 Å². The predicted octanol–water partition coefficient (Wildman–Crippen LogP) is 2.91. The summed E-state index contributed by atoms with van der Waals surface area (Å²) in [5.74, 6) is 0.119. The van der Waals surface area contributed by atoms with Gasteiger partial charge in [0.15, 0.2) is 0 Å². The molecule has 1 amide bonds. The predicted molar refractivity (Wildman–Crippen MR) is 101 cm³/mol. The molecule has 26 heavy (non-hydrogen) atoms. The molecule has 1 spiro atoms. The third-order valence-electron chi connectivity index (χ3n) is 6.00. The van der Waals surface area contributed by atoms with Crippen LogP contribution >= 0.6 is 0 Å². The Balaban J connectivity index is 1.53. The first-order valence-corrected chi connectivity index (χ1v) is 10.7. The molecule has 0 radical (unpaired) electrons. The normalized spacial score (nSPS) is 21.5. The Bertz CT molecular complexity index is 931. The standard InChI is InChI=1S/C20H24N2O3S/c23-19-7-8-20(9-12-21-19)10-13-22(14-11-20)26(24,25)18-6-5-16-3-1-2-4-17(16)15-18/h1-6,15H,7-14H2,(H,21,23). The lowest BCUT2D eigenvalue weighted by atomic mass is 9.73. The van der Waals surface area contributed by atoms with Crippen LogP contribution in [0.3, 0.4) is 0 Å². The Morgan fingerprint density at radius 1 is 0.923 bits per heavy atom. The molecule has 6 heteroatoms. The molecular formula is C20H24N2O3S. The van der Waals surface area contributed by atoms with Crippen molar-refractivity contribution in [2.24, 2.45) is 5.41 Å². The number of carbonyl (C=O) groups excluding carboxylic acids is 1. The van der Waals surface area contributed by atoms with E-state index < -0.39 is 10.0 Å². The Morgan fingerprint density at radius 2 is 1.65 bits per heavy atom. The number of nitrogens with one attached hydrogen (secondary N) is 1. The van der Waals surface area contributed by atoms with E-state index in [2.05, 4.69) is 5.32 Å². The number of sulfonamides is 1. The van der Waals surface area contributed by atoms with Crippen LogP contribution in [0, 0.1) is 5.41 Å². The number of fused-ring (bicyclic) bond motifs is 1. The summed E-state index contributed by atoms with van der Waals surface area (Å²) in [6.45, 7) is 1.77. The van der Waals surface area contributed by atoms with Gasteiger partial charge < -0.3 is 5.32 Å². The maximum Gasteiger partial charge on any atom is 0.243 e. The minimum atomic E-state index is -3.48. The second-order valence-corrected chi connectivity index (χ2v) is 9.45. The largest absolute Gasteiger partial charge is 0.356 e. The van der Waals surface area contributed by atoms with E-state index in [1.165, 1.54) is 0 Å². The minimum absolute atomic E-state index is 0.106. The molecule has 0 unspecified atom stereocenters. The number of benzene rings is 2. The molecule has 0 aromatic heterocycles. The first kappa shape index (κ1) is 17.5. The van der Waals surface area contributed by atoms with Crippen molar-refractivity contribution in [3.05, 3.63) is 42.5 Å². The summed E-state index contributed by atoms with van der Waals surface area (Å²) in [7, 11) is -3.48. The van der Waals surface area contributed by atoms with Gasteiger partial charge in [0.2, 0.25) is 15.9 Å². The fourth-order valence-electron chi connectivity index (χ4n) is 4.24. The summed E-state index contributed by atoms with van der Waals surface area (Å²) < 4.78 is 27.8. The van der Waals surface area contributed by atoms with Gasteiger partial charge >= 0.3 is 0 Å². The summed E-state index contributed by atoms with van der Waals surface area (Å²) in [6.07, 6.45) is 4.02. The third kappa shape index (κ3) is 3.23. The van der Waals surface area contributed by atoms with Gasteiger partial charge in [-0.2, -0.15) is 4.31 Å². The highest BCUT2D eigenvalue weighted by atomic mass is 32.2. The van der Waals surface area contributed by atoms with Gasteiger partial charge in [0.05, 0.1) is 4.90 Å². The Morgan fingerprint density at radius 3 is 2.42 bits per heavy atom. The van der Waals surface area contributed by atoms with Crippen molar-refractivity contribution in [3.8, 4) is 0 Å². The molecule has 2 aliphatic heterocycles. The Labute approximate surface area is 154 Å². The fourth-order valence-corrected chi connectivity index (χ4v) is 5.71. The zero-order valence-corrected chi connectivity index (χ0v) is 15.6. The quantitative estimate of drug-likeness (QED) is 0.881. The van der Waals surface area contributed by atoms with Crippen molar-refractivity contribution < 1.29 is 13.2 Å². The van der Waals surface area contributed by atoms with Crippen LogP contribution in [-0.2, 0) is 14.8 Å². The first-order chi connectivity index (χ1) is 12.5. The van der Waals surface area contributed by atoms with E-state index in [0.717, 1.165) is 36.5 Å². The van der Waals surface area contributed by atoms with Crippen LogP contribution in [0.2, 0.25) is 0 Å². The number of nitrogens with zero attached hydrogens (tertiary/aromatic N) is 1. The molecular weight excluding hydrogens is 348 g/mol. The van der Waals surface area contributed by atoms with Crippen molar-refractivity contribution in [2.75, 3.05) is 19.6 Å². The van der Waals surface area contributed by atoms with Crippen LogP contribution < -0.4 is 5.32 Å². The highest BCUT2D eigenvalue weighted by Gasteiger charge is 2.39. The number of amides is 1. The van der Waals surface area contributed by atoms with Crippen molar-refractivity contribution in [3.63, 3.8) is 0 Å². The van der Waals surface area contributed by atoms with E-state index in [4.69, 9.17) is 0 Å². The molecule has 1 N–H and O–H groups in total. The number of hydrogen-bond acceptors (Lipinski definition) is 3. The average Bonchev–Trinajstić information content (AvgIpc) is 2.83. The van der Waals surface area contributed by atoms with E-state index in [9.17, 15) is 13.2 Å². The lowest BCUT2D eigenvalue weighted by Gasteiger charge is -2.40. The van der Waals surface area contributed by atoms with Crippen LogP contribution in [0.25, 0.3) is 10.8 Å². The summed E-state index contributed by atoms with van der Waals surface area (Å²) in [5, 5.41) is 4.91. The monoisotopic (exact) mass is 372 g/mol. The van der Waals surface area contributed by atoms with E-state index >= 15 is 0 Å². The number of rotatable bonds is 2. The van der Waals surface area contributed by atoms with E-state index in [-0.39, 0.29) is 11.3 Å². The van der Waals surface area contributed by atoms with E-state index in [0.29, 0.717) is 31.0 Å². The Hall–Kier alpha value is -1.92. The topological polar surface area (TPSA) is 66.5 Å². The van der Waals surface area contributed by atoms with Crippen molar-refractivity contribution in [1.82, 2.24) is 9.62 Å². The number of hydrogen-bond donors (Lipinski definition) is 1. The minimum Gasteiger partial charge on any atom is -0.356 e. The summed E-state index contributed by atoms with van der Waals surface area (Å²) >= 11 is 0. The second-order valence-electron chi connectivity index (χ2n) is 7.51. The fraction of sp³-hybridized carbons (Fsp3) is 0.450. The molecule has 0 atom stereocenters. The highest BCUT2D eigenvalue weighted by molar-refractivity contribution is 7.89. The average molecular weight is 372 g/mol. The molecule has 2 saturated heterocycles. The van der Waals surface area contributed by atoms with E-state index in [1.807, 2.05) is 30.3 Å². The molecule has 5 nitrogen and oxygen atoms in total. The number of carbonyl (C=O) groups is 1. The van der Waals surface area contributed by atoms with Crippen molar-refractivity contribution >= 4 is 26.7 Å². The second kappa shape index (κ2) is 6.67. The highest BCUT2D eigenvalue weighted by Crippen LogP contribution is 2.41. The van der Waals surface area contributed by atoms with Gasteiger partial charge in [-0.1, -0.05) is 30.3 Å². The molecule has 2 aromatic rings. The maximum absolute atomic E-state index is 13.1. The van der Waals surface area contributed by atoms with Crippen LogP contribution in [0.4, 0.5) is 0 Å². The van der Waals surface area contributed by atoms with Crippen molar-refractivity contribution in [2.45, 2.75) is 37.0 Å². The van der Waals surface area contributed by atoms with Gasteiger partial charge in [-0.3, -0.25) is 4.79 Å². The zero-order chi connectivity index (χ0) is 18.2. The maximum atomic E-state index is 13.1. The lowest BCUT2D eigenvalue weighted by Crippen LogP contribution is -2.43. The molecule has 2 aromatic carbocycles. The molecule has 138 valence electrons. The Kier molecular flexibility index (Phi) is 4.49. The lowest BCUT2D eigenvalue weighted by molar-refractivity contribution is -0.120. The van der Waals surface area contributed by atoms with Crippen molar-refractivity contribution in [1.29, 1.82) is 0 Å².